The van der Waals surface area contributed by atoms with Crippen molar-refractivity contribution in [2.24, 2.45) is 0 Å². The summed E-state index contributed by atoms with van der Waals surface area (Å²) >= 11 is 11.7. The molecule has 0 spiro atoms. The summed E-state index contributed by atoms with van der Waals surface area (Å²) in [5, 5.41) is 3.50. The van der Waals surface area contributed by atoms with Crippen molar-refractivity contribution in [1.82, 2.24) is 0 Å². The molecule has 6 heteroatoms. The Bertz CT molecular complexity index is 699. The molecule has 0 aliphatic carbocycles. The SMILES string of the molecule is CC(=O)c1ccc(NC(=O)COc2ccc(Cl)cc2Cl)cc1. The fourth-order valence-electron chi connectivity index (χ4n) is 1.72. The predicted molar refractivity (Wildman–Crippen MR) is 87.0 cm³/mol. The molecule has 0 heterocycles. The number of hydrogen-bond donors (Lipinski definition) is 1. The molecule has 0 aliphatic heterocycles. The number of halogens is 2. The van der Waals surface area contributed by atoms with Crippen molar-refractivity contribution in [2.75, 3.05) is 11.9 Å². The van der Waals surface area contributed by atoms with Gasteiger partial charge in [-0.3, -0.25) is 9.59 Å². The number of nitrogens with one attached hydrogen (secondary N) is 1. The standard InChI is InChI=1S/C16H13Cl2NO3/c1-10(20)11-2-5-13(6-3-11)19-16(21)9-22-15-7-4-12(17)8-14(15)18/h2-8H,9H2,1H3,(H,19,21). The molecule has 2 rings (SSSR count). The Kier molecular flexibility index (Phi) is 5.41. The van der Waals surface area contributed by atoms with Gasteiger partial charge in [-0.15, -0.1) is 0 Å². The Balaban J connectivity index is 1.91. The van der Waals surface area contributed by atoms with E-state index < -0.39 is 0 Å². The van der Waals surface area contributed by atoms with Gasteiger partial charge in [-0.25, -0.2) is 0 Å². The largest absolute Gasteiger partial charge is 0.482 e. The van der Waals surface area contributed by atoms with E-state index in [4.69, 9.17) is 27.9 Å². The summed E-state index contributed by atoms with van der Waals surface area (Å²) in [6.07, 6.45) is 0. The maximum atomic E-state index is 11.8. The lowest BCUT2D eigenvalue weighted by Crippen LogP contribution is -2.20. The first-order valence-electron chi connectivity index (χ1n) is 6.44. The van der Waals surface area contributed by atoms with Gasteiger partial charge < -0.3 is 10.1 Å². The number of amides is 1. The third kappa shape index (κ3) is 4.48. The van der Waals surface area contributed by atoms with Gasteiger partial charge >= 0.3 is 0 Å². The van der Waals surface area contributed by atoms with Crippen LogP contribution in [-0.4, -0.2) is 18.3 Å². The highest BCUT2D eigenvalue weighted by atomic mass is 35.5. The van der Waals surface area contributed by atoms with Gasteiger partial charge in [-0.1, -0.05) is 23.2 Å². The topological polar surface area (TPSA) is 55.4 Å². The minimum Gasteiger partial charge on any atom is -0.482 e. The van der Waals surface area contributed by atoms with Gasteiger partial charge in [-0.2, -0.15) is 0 Å². The maximum Gasteiger partial charge on any atom is 0.262 e. The number of hydrogen-bond acceptors (Lipinski definition) is 3. The summed E-state index contributed by atoms with van der Waals surface area (Å²) in [4.78, 5) is 23.0. The Morgan fingerprint density at radius 2 is 1.77 bits per heavy atom. The lowest BCUT2D eigenvalue weighted by atomic mass is 10.1. The minimum atomic E-state index is -0.332. The zero-order chi connectivity index (χ0) is 16.1. The molecule has 2 aromatic carbocycles. The van der Waals surface area contributed by atoms with Crippen LogP contribution in [0, 0.1) is 0 Å². The summed E-state index contributed by atoms with van der Waals surface area (Å²) < 4.78 is 5.33. The van der Waals surface area contributed by atoms with Gasteiger partial charge in [-0.05, 0) is 49.4 Å². The van der Waals surface area contributed by atoms with E-state index in [-0.39, 0.29) is 18.3 Å². The fourth-order valence-corrected chi connectivity index (χ4v) is 2.18. The van der Waals surface area contributed by atoms with Crippen molar-refractivity contribution in [3.63, 3.8) is 0 Å². The normalized spacial score (nSPS) is 10.1. The molecular weight excluding hydrogens is 325 g/mol. The number of ketones is 1. The molecular formula is C16H13Cl2NO3. The molecule has 114 valence electrons. The summed E-state index contributed by atoms with van der Waals surface area (Å²) in [5.74, 6) is 0.0216. The predicted octanol–water partition coefficient (Wildman–Crippen LogP) is 4.21. The van der Waals surface area contributed by atoms with Crippen LogP contribution in [0.2, 0.25) is 10.0 Å². The second kappa shape index (κ2) is 7.29. The molecule has 0 saturated heterocycles. The van der Waals surface area contributed by atoms with Crippen molar-refractivity contribution in [2.45, 2.75) is 6.92 Å². The second-order valence-electron chi connectivity index (χ2n) is 4.55. The van der Waals surface area contributed by atoms with E-state index in [1.807, 2.05) is 0 Å². The zero-order valence-corrected chi connectivity index (χ0v) is 13.2. The first-order valence-corrected chi connectivity index (χ1v) is 7.20. The molecule has 0 aliphatic rings. The van der Waals surface area contributed by atoms with Crippen molar-refractivity contribution in [3.05, 3.63) is 58.1 Å². The number of carbonyl (C=O) groups excluding carboxylic acids is 2. The molecule has 4 nitrogen and oxygen atoms in total. The quantitative estimate of drug-likeness (QED) is 0.831. The Labute approximate surface area is 138 Å². The first kappa shape index (κ1) is 16.3. The molecule has 22 heavy (non-hydrogen) atoms. The van der Waals surface area contributed by atoms with Crippen molar-refractivity contribution < 1.29 is 14.3 Å². The molecule has 0 bridgehead atoms. The molecule has 0 radical (unpaired) electrons. The van der Waals surface area contributed by atoms with Gasteiger partial charge in [0.25, 0.3) is 5.91 Å². The van der Waals surface area contributed by atoms with Crippen LogP contribution in [0.4, 0.5) is 5.69 Å². The van der Waals surface area contributed by atoms with Gasteiger partial charge in [0.05, 0.1) is 5.02 Å². The zero-order valence-electron chi connectivity index (χ0n) is 11.7. The molecule has 1 amide bonds. The number of anilines is 1. The third-order valence-corrected chi connectivity index (χ3v) is 3.36. The van der Waals surface area contributed by atoms with Gasteiger partial charge in [0.2, 0.25) is 0 Å². The summed E-state index contributed by atoms with van der Waals surface area (Å²) in [5.41, 5.74) is 1.17. The Morgan fingerprint density at radius 1 is 1.09 bits per heavy atom. The molecule has 0 atom stereocenters. The molecule has 0 aromatic heterocycles. The highest BCUT2D eigenvalue weighted by molar-refractivity contribution is 6.35. The Morgan fingerprint density at radius 3 is 2.36 bits per heavy atom. The first-order chi connectivity index (χ1) is 10.5. The smallest absolute Gasteiger partial charge is 0.262 e. The molecule has 0 fully saturated rings. The number of carbonyl (C=O) groups is 2. The summed E-state index contributed by atoms with van der Waals surface area (Å²) in [7, 11) is 0. The molecule has 0 unspecified atom stereocenters. The van der Waals surface area contributed by atoms with E-state index in [0.717, 1.165) is 0 Å². The van der Waals surface area contributed by atoms with Crippen LogP contribution < -0.4 is 10.1 Å². The minimum absolute atomic E-state index is 0.0291. The third-order valence-electron chi connectivity index (χ3n) is 2.83. The van der Waals surface area contributed by atoms with E-state index >= 15 is 0 Å². The van der Waals surface area contributed by atoms with Crippen LogP contribution in [0.5, 0.6) is 5.75 Å². The number of ether oxygens (including phenoxy) is 1. The fraction of sp³-hybridized carbons (Fsp3) is 0.125. The molecule has 2 aromatic rings. The second-order valence-corrected chi connectivity index (χ2v) is 5.39. The van der Waals surface area contributed by atoms with Crippen LogP contribution in [0.15, 0.2) is 42.5 Å². The van der Waals surface area contributed by atoms with Gasteiger partial charge in [0.15, 0.2) is 12.4 Å². The van der Waals surface area contributed by atoms with E-state index in [1.54, 1.807) is 36.4 Å². The maximum absolute atomic E-state index is 11.8. The summed E-state index contributed by atoms with van der Waals surface area (Å²) in [6, 6.07) is 11.4. The lowest BCUT2D eigenvalue weighted by molar-refractivity contribution is -0.118. The average molecular weight is 338 g/mol. The van der Waals surface area contributed by atoms with Gasteiger partial charge in [0.1, 0.15) is 5.75 Å². The summed E-state index contributed by atoms with van der Waals surface area (Å²) in [6.45, 7) is 1.30. The van der Waals surface area contributed by atoms with Crippen LogP contribution in [0.3, 0.4) is 0 Å². The van der Waals surface area contributed by atoms with E-state index in [9.17, 15) is 9.59 Å². The van der Waals surface area contributed by atoms with E-state index in [0.29, 0.717) is 27.0 Å². The highest BCUT2D eigenvalue weighted by Crippen LogP contribution is 2.27. The van der Waals surface area contributed by atoms with E-state index in [1.165, 1.54) is 13.0 Å². The van der Waals surface area contributed by atoms with Crippen LogP contribution in [-0.2, 0) is 4.79 Å². The van der Waals surface area contributed by atoms with Gasteiger partial charge in [0, 0.05) is 16.3 Å². The molecule has 0 saturated carbocycles. The highest BCUT2D eigenvalue weighted by Gasteiger charge is 2.07. The number of benzene rings is 2. The van der Waals surface area contributed by atoms with Crippen LogP contribution >= 0.6 is 23.2 Å². The van der Waals surface area contributed by atoms with Crippen LogP contribution in [0.1, 0.15) is 17.3 Å². The van der Waals surface area contributed by atoms with Crippen molar-refractivity contribution >= 4 is 40.6 Å². The van der Waals surface area contributed by atoms with Crippen molar-refractivity contribution in [1.29, 1.82) is 0 Å². The lowest BCUT2D eigenvalue weighted by Gasteiger charge is -2.09. The van der Waals surface area contributed by atoms with Crippen LogP contribution in [0.25, 0.3) is 0 Å². The number of Topliss-reactive ketones (excluding diaryl/α,β-unsaturated/α-hetero) is 1. The Hall–Kier alpha value is -2.04. The number of rotatable bonds is 5. The van der Waals surface area contributed by atoms with Crippen molar-refractivity contribution in [3.8, 4) is 5.75 Å². The molecule has 1 N–H and O–H groups in total. The monoisotopic (exact) mass is 337 g/mol. The average Bonchev–Trinajstić information content (AvgIpc) is 2.47. The van der Waals surface area contributed by atoms with E-state index in [2.05, 4.69) is 5.32 Å².